The second-order valence-electron chi connectivity index (χ2n) is 18.5. The maximum Gasteiger partial charge on any atom is 0.306 e. The van der Waals surface area contributed by atoms with Crippen LogP contribution in [0.2, 0.25) is 0 Å². The van der Waals surface area contributed by atoms with Crippen molar-refractivity contribution in [3.63, 3.8) is 0 Å². The Hall–Kier alpha value is -3.15. The number of allylic oxidation sites excluding steroid dienone is 12. The van der Waals surface area contributed by atoms with Crippen LogP contribution in [0.3, 0.4) is 0 Å². The fourth-order valence-corrected chi connectivity index (χ4v) is 7.76. The summed E-state index contributed by atoms with van der Waals surface area (Å²) in [6.07, 6.45) is 68.8. The maximum atomic E-state index is 12.8. The van der Waals surface area contributed by atoms with Crippen LogP contribution in [-0.2, 0) is 28.6 Å². The number of carbonyl (C=O) groups is 3. The Morgan fingerprint density at radius 1 is 0.318 bits per heavy atom. The number of hydrogen-bond donors (Lipinski definition) is 0. The molecule has 0 heterocycles. The van der Waals surface area contributed by atoms with Gasteiger partial charge in [0.1, 0.15) is 13.2 Å². The third kappa shape index (κ3) is 51.8. The highest BCUT2D eigenvalue weighted by molar-refractivity contribution is 5.71. The van der Waals surface area contributed by atoms with Crippen molar-refractivity contribution in [2.24, 2.45) is 0 Å². The third-order valence-corrected chi connectivity index (χ3v) is 11.9. The van der Waals surface area contributed by atoms with Crippen LogP contribution >= 0.6 is 0 Å². The van der Waals surface area contributed by atoms with Gasteiger partial charge in [-0.15, -0.1) is 0 Å². The molecule has 0 aromatic carbocycles. The zero-order chi connectivity index (χ0) is 47.9. The molecule has 0 aliphatic rings. The Labute approximate surface area is 408 Å². The van der Waals surface area contributed by atoms with Crippen LogP contribution in [-0.4, -0.2) is 37.2 Å². The molecule has 66 heavy (non-hydrogen) atoms. The Balaban J connectivity index is 4.43. The smallest absolute Gasteiger partial charge is 0.306 e. The summed E-state index contributed by atoms with van der Waals surface area (Å²) < 4.78 is 16.8. The zero-order valence-electron chi connectivity index (χ0n) is 43.4. The molecule has 0 N–H and O–H groups in total. The van der Waals surface area contributed by atoms with E-state index >= 15 is 0 Å². The van der Waals surface area contributed by atoms with Gasteiger partial charge >= 0.3 is 17.9 Å². The van der Waals surface area contributed by atoms with Crippen molar-refractivity contribution in [1.29, 1.82) is 0 Å². The van der Waals surface area contributed by atoms with Crippen LogP contribution in [0.5, 0.6) is 0 Å². The van der Waals surface area contributed by atoms with Gasteiger partial charge in [-0.25, -0.2) is 0 Å². The molecule has 0 aliphatic heterocycles. The van der Waals surface area contributed by atoms with Gasteiger partial charge in [-0.2, -0.15) is 0 Å². The summed E-state index contributed by atoms with van der Waals surface area (Å²) in [5.41, 5.74) is 0. The standard InChI is InChI=1S/C60H104O6/c1-4-7-10-13-16-19-22-25-28-30-33-35-38-41-44-47-50-53-59(62)65-56-57(55-64-58(61)52-49-46-43-40-37-34-31-27-24-21-18-15-12-9-6-3)66-60(63)54-51-48-45-42-39-36-32-29-26-23-20-17-14-11-8-5-2/h9,12,16,18-19,21,25,27-28,31,33,35,57H,4-8,10-11,13-15,17,20,22-24,26,29-30,32,34,36-56H2,1-3H3/b12-9-,19-16-,21-18-,28-25-,31-27-,35-33-/t57-/m1/s1. The number of rotatable bonds is 50. The Bertz CT molecular complexity index is 1240. The number of hydrogen-bond acceptors (Lipinski definition) is 6. The Kier molecular flexibility index (Phi) is 51.9. The molecule has 0 aliphatic carbocycles. The van der Waals surface area contributed by atoms with Gasteiger partial charge in [-0.05, 0) is 89.9 Å². The molecular formula is C60H104O6. The molecule has 6 heteroatoms. The fraction of sp³-hybridized carbons (Fsp3) is 0.750. The first-order chi connectivity index (χ1) is 32.5. The van der Waals surface area contributed by atoms with Crippen molar-refractivity contribution < 1.29 is 28.6 Å². The second kappa shape index (κ2) is 54.5. The molecule has 6 nitrogen and oxygen atoms in total. The van der Waals surface area contributed by atoms with Gasteiger partial charge in [-0.1, -0.05) is 235 Å². The first-order valence-electron chi connectivity index (χ1n) is 27.9. The summed E-state index contributed by atoms with van der Waals surface area (Å²) in [5, 5.41) is 0. The van der Waals surface area contributed by atoms with Gasteiger partial charge in [-0.3, -0.25) is 14.4 Å². The molecule has 1 atom stereocenters. The lowest BCUT2D eigenvalue weighted by molar-refractivity contribution is -0.167. The molecular weight excluding hydrogens is 817 g/mol. The van der Waals surface area contributed by atoms with Crippen molar-refractivity contribution in [3.05, 3.63) is 72.9 Å². The van der Waals surface area contributed by atoms with Gasteiger partial charge in [0.25, 0.3) is 0 Å². The van der Waals surface area contributed by atoms with Gasteiger partial charge in [0.2, 0.25) is 0 Å². The minimum absolute atomic E-state index is 0.0900. The monoisotopic (exact) mass is 921 g/mol. The molecule has 0 saturated carbocycles. The summed E-state index contributed by atoms with van der Waals surface area (Å²) in [6.45, 7) is 6.49. The van der Waals surface area contributed by atoms with Crippen molar-refractivity contribution >= 4 is 17.9 Å². The normalized spacial score (nSPS) is 12.6. The number of esters is 3. The molecule has 0 aromatic heterocycles. The van der Waals surface area contributed by atoms with Gasteiger partial charge < -0.3 is 14.2 Å². The minimum Gasteiger partial charge on any atom is -0.462 e. The quantitative estimate of drug-likeness (QED) is 0.0262. The lowest BCUT2D eigenvalue weighted by Crippen LogP contribution is -2.30. The Morgan fingerprint density at radius 3 is 0.955 bits per heavy atom. The van der Waals surface area contributed by atoms with E-state index in [-0.39, 0.29) is 31.1 Å². The summed E-state index contributed by atoms with van der Waals surface area (Å²) >= 11 is 0. The highest BCUT2D eigenvalue weighted by Gasteiger charge is 2.19. The van der Waals surface area contributed by atoms with E-state index in [1.54, 1.807) is 0 Å². The van der Waals surface area contributed by atoms with Crippen LogP contribution in [0, 0.1) is 0 Å². The molecule has 0 aromatic rings. The topological polar surface area (TPSA) is 78.9 Å². The first kappa shape index (κ1) is 62.8. The number of ether oxygens (including phenoxy) is 3. The molecule has 0 radical (unpaired) electrons. The molecule has 0 bridgehead atoms. The van der Waals surface area contributed by atoms with E-state index in [0.29, 0.717) is 19.3 Å². The average Bonchev–Trinajstić information content (AvgIpc) is 3.31. The van der Waals surface area contributed by atoms with E-state index in [4.69, 9.17) is 14.2 Å². The average molecular weight is 921 g/mol. The number of carbonyl (C=O) groups excluding carboxylic acids is 3. The summed E-state index contributed by atoms with van der Waals surface area (Å²) in [5.74, 6) is -0.918. The molecule has 0 amide bonds. The second-order valence-corrected chi connectivity index (χ2v) is 18.5. The molecule has 0 unspecified atom stereocenters. The van der Waals surface area contributed by atoms with E-state index < -0.39 is 6.10 Å². The molecule has 0 saturated heterocycles. The van der Waals surface area contributed by atoms with E-state index in [1.165, 1.54) is 109 Å². The summed E-state index contributed by atoms with van der Waals surface area (Å²) in [6, 6.07) is 0. The first-order valence-corrected chi connectivity index (χ1v) is 27.9. The van der Waals surface area contributed by atoms with E-state index in [2.05, 4.69) is 93.7 Å². The molecule has 0 rings (SSSR count). The molecule has 0 fully saturated rings. The van der Waals surface area contributed by atoms with E-state index in [0.717, 1.165) is 122 Å². The lowest BCUT2D eigenvalue weighted by Gasteiger charge is -2.18. The van der Waals surface area contributed by atoms with Crippen molar-refractivity contribution in [2.45, 2.75) is 277 Å². The minimum atomic E-state index is -0.790. The summed E-state index contributed by atoms with van der Waals surface area (Å²) in [4.78, 5) is 38.1. The summed E-state index contributed by atoms with van der Waals surface area (Å²) in [7, 11) is 0. The molecule has 0 spiro atoms. The van der Waals surface area contributed by atoms with E-state index in [9.17, 15) is 14.4 Å². The largest absolute Gasteiger partial charge is 0.462 e. The molecule has 380 valence electrons. The van der Waals surface area contributed by atoms with Gasteiger partial charge in [0, 0.05) is 19.3 Å². The van der Waals surface area contributed by atoms with Crippen LogP contribution in [0.4, 0.5) is 0 Å². The van der Waals surface area contributed by atoms with Crippen molar-refractivity contribution in [1.82, 2.24) is 0 Å². The SMILES string of the molecule is CC/C=C\C/C=C\C/C=C\CCCCCCCC(=O)OC[C@H](COC(=O)CCCCCC/C=C\C/C=C\C/C=C\CCCCC)OC(=O)CCCCCCCCCCCCCCCCCC. The number of unbranched alkanes of at least 4 members (excludes halogenated alkanes) is 27. The third-order valence-electron chi connectivity index (χ3n) is 11.9. The van der Waals surface area contributed by atoms with Crippen LogP contribution < -0.4 is 0 Å². The predicted molar refractivity (Wildman–Crippen MR) is 284 cm³/mol. The Morgan fingerprint density at radius 2 is 0.591 bits per heavy atom. The van der Waals surface area contributed by atoms with Crippen molar-refractivity contribution in [3.8, 4) is 0 Å². The van der Waals surface area contributed by atoms with Crippen LogP contribution in [0.15, 0.2) is 72.9 Å². The van der Waals surface area contributed by atoms with E-state index in [1.807, 2.05) is 0 Å². The zero-order valence-corrected chi connectivity index (χ0v) is 43.4. The van der Waals surface area contributed by atoms with Gasteiger partial charge in [0.05, 0.1) is 0 Å². The lowest BCUT2D eigenvalue weighted by atomic mass is 10.0. The predicted octanol–water partition coefficient (Wildman–Crippen LogP) is 18.6. The van der Waals surface area contributed by atoms with Gasteiger partial charge in [0.15, 0.2) is 6.10 Å². The van der Waals surface area contributed by atoms with Crippen LogP contribution in [0.1, 0.15) is 271 Å². The maximum absolute atomic E-state index is 12.8. The highest BCUT2D eigenvalue weighted by Crippen LogP contribution is 2.16. The van der Waals surface area contributed by atoms with Crippen molar-refractivity contribution in [2.75, 3.05) is 13.2 Å². The van der Waals surface area contributed by atoms with Crippen LogP contribution in [0.25, 0.3) is 0 Å². The highest BCUT2D eigenvalue weighted by atomic mass is 16.6. The fourth-order valence-electron chi connectivity index (χ4n) is 7.76.